The highest BCUT2D eigenvalue weighted by Gasteiger charge is 2.25. The van der Waals surface area contributed by atoms with Crippen LogP contribution in [-0.4, -0.2) is 54.0 Å². The fourth-order valence-corrected chi connectivity index (χ4v) is 3.96. The van der Waals surface area contributed by atoms with Crippen LogP contribution in [0.15, 0.2) is 60.7 Å². The van der Waals surface area contributed by atoms with E-state index in [0.717, 1.165) is 53.4 Å². The molecule has 1 amide bonds. The van der Waals surface area contributed by atoms with Crippen LogP contribution in [0.5, 0.6) is 5.75 Å². The maximum absolute atomic E-state index is 12.9. The molecule has 28 heavy (non-hydrogen) atoms. The summed E-state index contributed by atoms with van der Waals surface area (Å²) >= 11 is 0. The van der Waals surface area contributed by atoms with Crippen LogP contribution in [0.25, 0.3) is 21.9 Å². The summed E-state index contributed by atoms with van der Waals surface area (Å²) in [6.07, 6.45) is 2.20. The molecule has 0 bridgehead atoms. The zero-order valence-electron chi connectivity index (χ0n) is 16.4. The third-order valence-electron chi connectivity index (χ3n) is 5.70. The number of phenolic OH excluding ortho intramolecular Hbond substituents is 1. The number of nitrogens with zero attached hydrogens (tertiary/aromatic N) is 2. The number of rotatable bonds is 3. The molecule has 1 saturated heterocycles. The van der Waals surface area contributed by atoms with Gasteiger partial charge in [0.25, 0.3) is 5.91 Å². The summed E-state index contributed by atoms with van der Waals surface area (Å²) in [7, 11) is 4.16. The van der Waals surface area contributed by atoms with Crippen LogP contribution in [-0.2, 0) is 0 Å². The first-order chi connectivity index (χ1) is 13.5. The van der Waals surface area contributed by atoms with Gasteiger partial charge < -0.3 is 14.9 Å². The van der Waals surface area contributed by atoms with Gasteiger partial charge in [0, 0.05) is 24.7 Å². The molecule has 3 aromatic carbocycles. The predicted octanol–water partition coefficient (Wildman–Crippen LogP) is 4.38. The number of fused-ring (bicyclic) bond motifs is 1. The molecule has 0 unspecified atom stereocenters. The van der Waals surface area contributed by atoms with Gasteiger partial charge in [-0.1, -0.05) is 30.3 Å². The van der Waals surface area contributed by atoms with Crippen LogP contribution in [0.2, 0.25) is 0 Å². The molecule has 0 saturated carbocycles. The van der Waals surface area contributed by atoms with Crippen molar-refractivity contribution in [1.29, 1.82) is 0 Å². The van der Waals surface area contributed by atoms with Crippen molar-refractivity contribution >= 4 is 16.7 Å². The minimum Gasteiger partial charge on any atom is -0.508 e. The van der Waals surface area contributed by atoms with Crippen molar-refractivity contribution in [1.82, 2.24) is 9.80 Å². The smallest absolute Gasteiger partial charge is 0.253 e. The molecular formula is C24H26N2O2. The number of likely N-dealkylation sites (tertiary alicyclic amines) is 1. The minimum absolute atomic E-state index is 0.118. The average molecular weight is 374 g/mol. The van der Waals surface area contributed by atoms with Gasteiger partial charge in [-0.15, -0.1) is 0 Å². The normalized spacial score (nSPS) is 17.2. The highest BCUT2D eigenvalue weighted by Crippen LogP contribution is 2.27. The molecule has 0 aliphatic carbocycles. The van der Waals surface area contributed by atoms with Crippen molar-refractivity contribution in [2.75, 3.05) is 27.2 Å². The van der Waals surface area contributed by atoms with Gasteiger partial charge in [0.05, 0.1) is 0 Å². The van der Waals surface area contributed by atoms with Gasteiger partial charge in [0.2, 0.25) is 0 Å². The molecule has 1 aliphatic rings. The molecular weight excluding hydrogens is 348 g/mol. The first-order valence-corrected chi connectivity index (χ1v) is 9.80. The van der Waals surface area contributed by atoms with Crippen molar-refractivity contribution in [3.8, 4) is 16.9 Å². The van der Waals surface area contributed by atoms with Crippen LogP contribution in [0, 0.1) is 0 Å². The molecule has 1 heterocycles. The van der Waals surface area contributed by atoms with Crippen LogP contribution in [0.4, 0.5) is 0 Å². The number of phenols is 1. The maximum Gasteiger partial charge on any atom is 0.253 e. The van der Waals surface area contributed by atoms with E-state index < -0.39 is 0 Å². The van der Waals surface area contributed by atoms with Gasteiger partial charge in [-0.05, 0) is 79.2 Å². The second-order valence-corrected chi connectivity index (χ2v) is 7.83. The lowest BCUT2D eigenvalue weighted by molar-refractivity contribution is 0.0635. The zero-order valence-corrected chi connectivity index (χ0v) is 16.4. The third kappa shape index (κ3) is 3.73. The summed E-state index contributed by atoms with van der Waals surface area (Å²) in [5.74, 6) is 0.393. The van der Waals surface area contributed by atoms with E-state index in [2.05, 4.69) is 25.1 Å². The molecule has 1 aliphatic heterocycles. The lowest BCUT2D eigenvalue weighted by Gasteiger charge is -2.36. The van der Waals surface area contributed by atoms with E-state index in [1.807, 2.05) is 47.4 Å². The van der Waals surface area contributed by atoms with Gasteiger partial charge in [0.15, 0.2) is 0 Å². The van der Waals surface area contributed by atoms with E-state index in [1.54, 1.807) is 12.1 Å². The number of hydrogen-bond donors (Lipinski definition) is 1. The second kappa shape index (κ2) is 7.64. The van der Waals surface area contributed by atoms with Gasteiger partial charge in [-0.25, -0.2) is 0 Å². The Balaban J connectivity index is 1.53. The van der Waals surface area contributed by atoms with Gasteiger partial charge in [-0.2, -0.15) is 0 Å². The molecule has 4 rings (SSSR count). The van der Waals surface area contributed by atoms with Gasteiger partial charge in [-0.3, -0.25) is 4.79 Å². The van der Waals surface area contributed by atoms with Crippen molar-refractivity contribution in [3.05, 3.63) is 66.2 Å². The fourth-order valence-electron chi connectivity index (χ4n) is 3.96. The number of benzene rings is 3. The monoisotopic (exact) mass is 374 g/mol. The summed E-state index contributed by atoms with van der Waals surface area (Å²) in [6, 6.07) is 19.9. The molecule has 144 valence electrons. The average Bonchev–Trinajstić information content (AvgIpc) is 2.73. The minimum atomic E-state index is 0.118. The highest BCUT2D eigenvalue weighted by atomic mass is 16.3. The summed E-state index contributed by atoms with van der Waals surface area (Å²) in [5, 5.41) is 11.7. The van der Waals surface area contributed by atoms with E-state index in [9.17, 15) is 9.90 Å². The first kappa shape index (κ1) is 18.5. The van der Waals surface area contributed by atoms with Crippen molar-refractivity contribution in [2.45, 2.75) is 18.9 Å². The molecule has 4 nitrogen and oxygen atoms in total. The maximum atomic E-state index is 12.9. The van der Waals surface area contributed by atoms with Crippen molar-refractivity contribution in [2.24, 2.45) is 0 Å². The first-order valence-electron chi connectivity index (χ1n) is 9.80. The predicted molar refractivity (Wildman–Crippen MR) is 114 cm³/mol. The Morgan fingerprint density at radius 1 is 0.964 bits per heavy atom. The number of carbonyl (C=O) groups is 1. The molecule has 3 aromatic rings. The lowest BCUT2D eigenvalue weighted by Crippen LogP contribution is -2.47. The highest BCUT2D eigenvalue weighted by molar-refractivity contribution is 5.95. The van der Waals surface area contributed by atoms with Crippen LogP contribution >= 0.6 is 0 Å². The lowest BCUT2D eigenvalue weighted by atomic mass is 9.99. The molecule has 4 heteroatoms. The largest absolute Gasteiger partial charge is 0.508 e. The Morgan fingerprint density at radius 3 is 2.39 bits per heavy atom. The second-order valence-electron chi connectivity index (χ2n) is 7.83. The Morgan fingerprint density at radius 2 is 1.64 bits per heavy atom. The SMILES string of the molecule is CN(C)[C@@H]1CCCN(C(=O)c2ccc(-c3ccc4cc(O)ccc4c3)cc2)C1. The number of hydrogen-bond acceptors (Lipinski definition) is 3. The summed E-state index contributed by atoms with van der Waals surface area (Å²) in [5.41, 5.74) is 2.92. The topological polar surface area (TPSA) is 43.8 Å². The van der Waals surface area contributed by atoms with E-state index in [1.165, 1.54) is 0 Å². The Hall–Kier alpha value is -2.85. The van der Waals surface area contributed by atoms with Gasteiger partial charge in [0.1, 0.15) is 5.75 Å². The quantitative estimate of drug-likeness (QED) is 0.740. The van der Waals surface area contributed by atoms with Crippen LogP contribution in [0.1, 0.15) is 23.2 Å². The third-order valence-corrected chi connectivity index (χ3v) is 5.70. The zero-order chi connectivity index (χ0) is 19.7. The molecule has 0 radical (unpaired) electrons. The number of amides is 1. The van der Waals surface area contributed by atoms with E-state index in [0.29, 0.717) is 6.04 Å². The Labute approximate surface area is 166 Å². The van der Waals surface area contributed by atoms with Gasteiger partial charge >= 0.3 is 0 Å². The van der Waals surface area contributed by atoms with E-state index in [4.69, 9.17) is 0 Å². The summed E-state index contributed by atoms with van der Waals surface area (Å²) < 4.78 is 0. The summed E-state index contributed by atoms with van der Waals surface area (Å²) in [6.45, 7) is 1.63. The van der Waals surface area contributed by atoms with E-state index >= 15 is 0 Å². The summed E-state index contributed by atoms with van der Waals surface area (Å²) in [4.78, 5) is 17.1. The number of carbonyl (C=O) groups excluding carboxylic acids is 1. The fraction of sp³-hybridized carbons (Fsp3) is 0.292. The number of piperidine rings is 1. The Bertz CT molecular complexity index is 995. The van der Waals surface area contributed by atoms with E-state index in [-0.39, 0.29) is 11.7 Å². The molecule has 0 spiro atoms. The Kier molecular flexibility index (Phi) is 5.05. The van der Waals surface area contributed by atoms with Crippen molar-refractivity contribution < 1.29 is 9.90 Å². The molecule has 1 N–H and O–H groups in total. The van der Waals surface area contributed by atoms with Crippen LogP contribution < -0.4 is 0 Å². The molecule has 1 atom stereocenters. The standard InChI is InChI=1S/C24H26N2O2/c1-25(2)22-4-3-13-26(16-22)24(28)18-7-5-17(6-8-18)19-9-10-21-15-23(27)12-11-20(21)14-19/h5-12,14-15,22,27H,3-4,13,16H2,1-2H3/t22-/m1/s1. The number of likely N-dealkylation sites (N-methyl/N-ethyl adjacent to an activating group) is 1. The van der Waals surface area contributed by atoms with Crippen molar-refractivity contribution in [3.63, 3.8) is 0 Å². The molecule has 1 fully saturated rings. The molecule has 0 aromatic heterocycles. The number of aromatic hydroxyl groups is 1. The van der Waals surface area contributed by atoms with Crippen LogP contribution in [0.3, 0.4) is 0 Å².